The van der Waals surface area contributed by atoms with Crippen LogP contribution in [0.2, 0.25) is 0 Å². The predicted molar refractivity (Wildman–Crippen MR) is 78.6 cm³/mol. The highest BCUT2D eigenvalue weighted by Gasteiger charge is 2.28. The molecular formula is C15H21N3O3. The van der Waals surface area contributed by atoms with E-state index in [4.69, 9.17) is 10.5 Å². The number of rotatable bonds is 8. The van der Waals surface area contributed by atoms with Gasteiger partial charge in [0.15, 0.2) is 6.61 Å². The normalized spacial score (nSPS) is 13.6. The molecule has 0 aromatic heterocycles. The maximum atomic E-state index is 11.6. The number of hydrogen-bond acceptors (Lipinski definition) is 4. The minimum absolute atomic E-state index is 0.0619. The Bertz CT molecular complexity index is 501. The van der Waals surface area contributed by atoms with Crippen LogP contribution in [0.15, 0.2) is 24.3 Å². The quantitative estimate of drug-likeness (QED) is 0.595. The second-order valence-electron chi connectivity index (χ2n) is 5.02. The number of carbonyl (C=O) groups is 2. The van der Waals surface area contributed by atoms with Gasteiger partial charge in [0.05, 0.1) is 0 Å². The minimum atomic E-state index is -0.220. The van der Waals surface area contributed by atoms with Crippen LogP contribution in [0.25, 0.3) is 0 Å². The number of benzene rings is 1. The Hall–Kier alpha value is -2.08. The summed E-state index contributed by atoms with van der Waals surface area (Å²) in [5, 5.41) is 5.48. The van der Waals surface area contributed by atoms with Crippen molar-refractivity contribution >= 4 is 11.8 Å². The third-order valence-corrected chi connectivity index (χ3v) is 3.25. The maximum Gasteiger partial charge on any atom is 0.258 e. The van der Waals surface area contributed by atoms with Gasteiger partial charge in [0.1, 0.15) is 5.75 Å². The SMILES string of the molecule is NCc1ccccc1OCC(=O)NCCNC(=O)C1CC1. The Morgan fingerprint density at radius 3 is 2.62 bits per heavy atom. The van der Waals surface area contributed by atoms with Gasteiger partial charge in [0, 0.05) is 31.1 Å². The van der Waals surface area contributed by atoms with Crippen molar-refractivity contribution in [2.45, 2.75) is 19.4 Å². The Morgan fingerprint density at radius 1 is 1.19 bits per heavy atom. The second kappa shape index (κ2) is 7.64. The first-order valence-corrected chi connectivity index (χ1v) is 7.16. The molecule has 0 spiro atoms. The molecule has 0 bridgehead atoms. The van der Waals surface area contributed by atoms with Gasteiger partial charge < -0.3 is 21.1 Å². The first-order chi connectivity index (χ1) is 10.2. The zero-order valence-electron chi connectivity index (χ0n) is 11.9. The summed E-state index contributed by atoms with van der Waals surface area (Å²) in [6.45, 7) is 1.15. The highest BCUT2D eigenvalue weighted by atomic mass is 16.5. The molecule has 1 fully saturated rings. The fourth-order valence-electron chi connectivity index (χ4n) is 1.89. The molecule has 21 heavy (non-hydrogen) atoms. The molecule has 114 valence electrons. The molecule has 0 heterocycles. The summed E-state index contributed by atoms with van der Waals surface area (Å²) in [6, 6.07) is 7.35. The van der Waals surface area contributed by atoms with Gasteiger partial charge in [-0.15, -0.1) is 0 Å². The van der Waals surface area contributed by atoms with Crippen LogP contribution in [0.5, 0.6) is 5.75 Å². The van der Waals surface area contributed by atoms with E-state index in [1.165, 1.54) is 0 Å². The standard InChI is InChI=1S/C15H21N3O3/c16-9-12-3-1-2-4-13(12)21-10-14(19)17-7-8-18-15(20)11-5-6-11/h1-4,11H,5-10,16H2,(H,17,19)(H,18,20). The summed E-state index contributed by atoms with van der Waals surface area (Å²) >= 11 is 0. The molecule has 0 atom stereocenters. The summed E-state index contributed by atoms with van der Waals surface area (Å²) < 4.78 is 5.44. The summed E-state index contributed by atoms with van der Waals surface area (Å²) in [5.41, 5.74) is 6.46. The molecular weight excluding hydrogens is 270 g/mol. The molecule has 0 aliphatic heterocycles. The van der Waals surface area contributed by atoms with Crippen LogP contribution in [-0.2, 0) is 16.1 Å². The fourth-order valence-corrected chi connectivity index (χ4v) is 1.89. The van der Waals surface area contributed by atoms with Crippen LogP contribution in [0, 0.1) is 5.92 Å². The van der Waals surface area contributed by atoms with Crippen molar-refractivity contribution in [3.05, 3.63) is 29.8 Å². The average molecular weight is 291 g/mol. The molecule has 2 rings (SSSR count). The summed E-state index contributed by atoms with van der Waals surface area (Å²) in [7, 11) is 0. The Kier molecular flexibility index (Phi) is 5.57. The van der Waals surface area contributed by atoms with E-state index in [9.17, 15) is 9.59 Å². The van der Waals surface area contributed by atoms with Gasteiger partial charge in [-0.25, -0.2) is 0 Å². The van der Waals surface area contributed by atoms with Crippen LogP contribution >= 0.6 is 0 Å². The van der Waals surface area contributed by atoms with Crippen LogP contribution < -0.4 is 21.1 Å². The van der Waals surface area contributed by atoms with Gasteiger partial charge in [0.25, 0.3) is 5.91 Å². The molecule has 4 N–H and O–H groups in total. The van der Waals surface area contributed by atoms with Gasteiger partial charge in [-0.1, -0.05) is 18.2 Å². The largest absolute Gasteiger partial charge is 0.483 e. The van der Waals surface area contributed by atoms with E-state index >= 15 is 0 Å². The van der Waals surface area contributed by atoms with Crippen molar-refractivity contribution in [1.29, 1.82) is 0 Å². The van der Waals surface area contributed by atoms with E-state index in [1.807, 2.05) is 18.2 Å². The molecule has 6 nitrogen and oxygen atoms in total. The van der Waals surface area contributed by atoms with E-state index in [1.54, 1.807) is 6.07 Å². The topological polar surface area (TPSA) is 93.4 Å². The maximum absolute atomic E-state index is 11.6. The highest BCUT2D eigenvalue weighted by molar-refractivity contribution is 5.81. The van der Waals surface area contributed by atoms with E-state index in [-0.39, 0.29) is 24.3 Å². The Morgan fingerprint density at radius 2 is 1.90 bits per heavy atom. The summed E-state index contributed by atoms with van der Waals surface area (Å²) in [4.78, 5) is 23.0. The molecule has 1 aromatic carbocycles. The lowest BCUT2D eigenvalue weighted by atomic mass is 10.2. The average Bonchev–Trinajstić information content (AvgIpc) is 3.34. The molecule has 2 amide bonds. The van der Waals surface area contributed by atoms with Crippen LogP contribution in [0.1, 0.15) is 18.4 Å². The van der Waals surface area contributed by atoms with Gasteiger partial charge in [-0.3, -0.25) is 9.59 Å². The number of nitrogens with one attached hydrogen (secondary N) is 2. The second-order valence-corrected chi connectivity index (χ2v) is 5.02. The third-order valence-electron chi connectivity index (χ3n) is 3.25. The van der Waals surface area contributed by atoms with Crippen molar-refractivity contribution < 1.29 is 14.3 Å². The van der Waals surface area contributed by atoms with Gasteiger partial charge in [0.2, 0.25) is 5.91 Å². The van der Waals surface area contributed by atoms with Gasteiger partial charge >= 0.3 is 0 Å². The molecule has 0 radical (unpaired) electrons. The third kappa shape index (κ3) is 5.07. The number of carbonyl (C=O) groups excluding carboxylic acids is 2. The molecule has 1 aliphatic rings. The van der Waals surface area contributed by atoms with Crippen molar-refractivity contribution in [2.24, 2.45) is 11.7 Å². The lowest BCUT2D eigenvalue weighted by molar-refractivity contribution is -0.124. The molecule has 6 heteroatoms. The molecule has 1 aliphatic carbocycles. The molecule has 1 saturated carbocycles. The smallest absolute Gasteiger partial charge is 0.258 e. The number of hydrogen-bond donors (Lipinski definition) is 3. The lowest BCUT2D eigenvalue weighted by Gasteiger charge is -2.10. The molecule has 0 saturated heterocycles. The van der Waals surface area contributed by atoms with E-state index in [2.05, 4.69) is 10.6 Å². The number of amides is 2. The predicted octanol–water partition coefficient (Wildman–Crippen LogP) is 0.166. The van der Waals surface area contributed by atoms with E-state index < -0.39 is 0 Å². The number of para-hydroxylation sites is 1. The van der Waals surface area contributed by atoms with Crippen molar-refractivity contribution in [3.8, 4) is 5.75 Å². The number of nitrogens with two attached hydrogens (primary N) is 1. The summed E-state index contributed by atoms with van der Waals surface area (Å²) in [6.07, 6.45) is 1.96. The van der Waals surface area contributed by atoms with E-state index in [0.29, 0.717) is 25.4 Å². The van der Waals surface area contributed by atoms with Crippen LogP contribution in [0.4, 0.5) is 0 Å². The zero-order chi connectivity index (χ0) is 15.1. The van der Waals surface area contributed by atoms with E-state index in [0.717, 1.165) is 18.4 Å². The lowest BCUT2D eigenvalue weighted by Crippen LogP contribution is -2.37. The first kappa shape index (κ1) is 15.3. The monoisotopic (exact) mass is 291 g/mol. The van der Waals surface area contributed by atoms with Crippen molar-refractivity contribution in [3.63, 3.8) is 0 Å². The van der Waals surface area contributed by atoms with Crippen LogP contribution in [-0.4, -0.2) is 31.5 Å². The summed E-state index contributed by atoms with van der Waals surface area (Å²) in [5.74, 6) is 0.675. The highest BCUT2D eigenvalue weighted by Crippen LogP contribution is 2.28. The van der Waals surface area contributed by atoms with Crippen molar-refractivity contribution in [1.82, 2.24) is 10.6 Å². The minimum Gasteiger partial charge on any atom is -0.483 e. The Labute approximate surface area is 124 Å². The Balaban J connectivity index is 1.61. The van der Waals surface area contributed by atoms with Gasteiger partial charge in [-0.05, 0) is 18.9 Å². The van der Waals surface area contributed by atoms with Crippen LogP contribution in [0.3, 0.4) is 0 Å². The first-order valence-electron chi connectivity index (χ1n) is 7.16. The zero-order valence-corrected chi connectivity index (χ0v) is 11.9. The van der Waals surface area contributed by atoms with Crippen molar-refractivity contribution in [2.75, 3.05) is 19.7 Å². The van der Waals surface area contributed by atoms with Gasteiger partial charge in [-0.2, -0.15) is 0 Å². The fraction of sp³-hybridized carbons (Fsp3) is 0.467. The number of ether oxygens (including phenoxy) is 1. The molecule has 0 unspecified atom stereocenters. The molecule has 1 aromatic rings.